The van der Waals surface area contributed by atoms with E-state index in [4.69, 9.17) is 11.0 Å². The lowest BCUT2D eigenvalue weighted by molar-refractivity contribution is 1.16. The van der Waals surface area contributed by atoms with E-state index in [9.17, 15) is 0 Å². The molecule has 0 amide bonds. The quantitative estimate of drug-likeness (QED) is 0.773. The predicted molar refractivity (Wildman–Crippen MR) is 60.3 cm³/mol. The van der Waals surface area contributed by atoms with Gasteiger partial charge in [0.25, 0.3) is 0 Å². The Labute approximate surface area is 86.6 Å². The van der Waals surface area contributed by atoms with Gasteiger partial charge in [-0.2, -0.15) is 5.26 Å². The fourth-order valence-corrected chi connectivity index (χ4v) is 2.56. The van der Waals surface area contributed by atoms with Gasteiger partial charge >= 0.3 is 0 Å². The highest BCUT2D eigenvalue weighted by atomic mass is 32.1. The summed E-state index contributed by atoms with van der Waals surface area (Å²) in [5.74, 6) is 0. The number of fused-ring (bicyclic) bond motifs is 1. The Hall–Kier alpha value is -1.53. The van der Waals surface area contributed by atoms with Gasteiger partial charge in [-0.1, -0.05) is 6.92 Å². The van der Waals surface area contributed by atoms with Crippen molar-refractivity contribution in [3.05, 3.63) is 28.6 Å². The van der Waals surface area contributed by atoms with E-state index in [0.717, 1.165) is 33.3 Å². The van der Waals surface area contributed by atoms with Crippen LogP contribution in [0.1, 0.15) is 18.1 Å². The molecule has 0 bridgehead atoms. The van der Waals surface area contributed by atoms with Crippen LogP contribution in [0.2, 0.25) is 0 Å². The van der Waals surface area contributed by atoms with Gasteiger partial charge in [0.15, 0.2) is 0 Å². The lowest BCUT2D eigenvalue weighted by Gasteiger charge is -2.01. The summed E-state index contributed by atoms with van der Waals surface area (Å²) in [7, 11) is 0. The number of nitrogens with two attached hydrogens (primary N) is 1. The van der Waals surface area contributed by atoms with Crippen LogP contribution in [0.15, 0.2) is 17.5 Å². The van der Waals surface area contributed by atoms with Crippen LogP contribution in [-0.2, 0) is 6.42 Å². The van der Waals surface area contributed by atoms with Crippen molar-refractivity contribution < 1.29 is 0 Å². The lowest BCUT2D eigenvalue weighted by atomic mass is 10.0. The molecular formula is C11H10N2S. The van der Waals surface area contributed by atoms with Gasteiger partial charge in [0.1, 0.15) is 0 Å². The summed E-state index contributed by atoms with van der Waals surface area (Å²) in [5.41, 5.74) is 8.58. The van der Waals surface area contributed by atoms with Gasteiger partial charge in [-0.3, -0.25) is 0 Å². The molecule has 0 aliphatic heterocycles. The van der Waals surface area contributed by atoms with Gasteiger partial charge in [0.2, 0.25) is 0 Å². The molecule has 3 heteroatoms. The fraction of sp³-hybridized carbons (Fsp3) is 0.182. The molecule has 0 saturated heterocycles. The van der Waals surface area contributed by atoms with Crippen molar-refractivity contribution in [1.82, 2.24) is 0 Å². The number of nitrogens with zero attached hydrogens (tertiary/aromatic N) is 1. The third kappa shape index (κ3) is 1.24. The number of hydrogen-bond acceptors (Lipinski definition) is 3. The molecule has 0 aliphatic carbocycles. The zero-order chi connectivity index (χ0) is 10.1. The highest BCUT2D eigenvalue weighted by Gasteiger charge is 2.07. The molecule has 0 aliphatic rings. The minimum atomic E-state index is 0.719. The first kappa shape index (κ1) is 9.04. The number of rotatable bonds is 1. The maximum Gasteiger partial charge on any atom is 0.0992 e. The molecule has 14 heavy (non-hydrogen) atoms. The van der Waals surface area contributed by atoms with Crippen LogP contribution in [0.3, 0.4) is 0 Å². The zero-order valence-electron chi connectivity index (χ0n) is 7.87. The number of aryl methyl sites for hydroxylation is 1. The zero-order valence-corrected chi connectivity index (χ0v) is 8.69. The van der Waals surface area contributed by atoms with Crippen LogP contribution in [0.5, 0.6) is 0 Å². The molecule has 0 radical (unpaired) electrons. The van der Waals surface area contributed by atoms with Crippen molar-refractivity contribution in [1.29, 1.82) is 5.26 Å². The molecule has 1 aromatic carbocycles. The molecule has 2 N–H and O–H groups in total. The summed E-state index contributed by atoms with van der Waals surface area (Å²) in [4.78, 5) is 0. The second-order valence-corrected chi connectivity index (χ2v) is 4.08. The molecule has 0 unspecified atom stereocenters. The van der Waals surface area contributed by atoms with E-state index in [-0.39, 0.29) is 0 Å². The van der Waals surface area contributed by atoms with Gasteiger partial charge in [-0.05, 0) is 24.1 Å². The van der Waals surface area contributed by atoms with Crippen molar-refractivity contribution in [2.75, 3.05) is 5.73 Å². The Kier molecular flexibility index (Phi) is 2.14. The van der Waals surface area contributed by atoms with Crippen molar-refractivity contribution >= 4 is 27.1 Å². The van der Waals surface area contributed by atoms with Crippen LogP contribution >= 0.6 is 11.3 Å². The second-order valence-electron chi connectivity index (χ2n) is 3.16. The first-order valence-corrected chi connectivity index (χ1v) is 5.34. The van der Waals surface area contributed by atoms with Crippen molar-refractivity contribution in [3.8, 4) is 6.07 Å². The van der Waals surface area contributed by atoms with Crippen LogP contribution in [0.25, 0.3) is 10.1 Å². The Morgan fingerprint density at radius 2 is 2.29 bits per heavy atom. The summed E-state index contributed by atoms with van der Waals surface area (Å²) < 4.78 is 1.11. The molecular weight excluding hydrogens is 192 g/mol. The first-order chi connectivity index (χ1) is 6.76. The fourth-order valence-electron chi connectivity index (χ4n) is 1.62. The maximum atomic E-state index is 8.85. The van der Waals surface area contributed by atoms with Gasteiger partial charge in [0, 0.05) is 15.5 Å². The molecule has 2 nitrogen and oxygen atoms in total. The number of anilines is 1. The number of thiophene rings is 1. The molecule has 1 aromatic heterocycles. The maximum absolute atomic E-state index is 8.85. The number of benzene rings is 1. The smallest absolute Gasteiger partial charge is 0.0992 e. The summed E-state index contributed by atoms with van der Waals surface area (Å²) in [6, 6.07) is 5.99. The van der Waals surface area contributed by atoms with Crippen LogP contribution in [0.4, 0.5) is 5.69 Å². The van der Waals surface area contributed by atoms with Crippen molar-refractivity contribution in [2.24, 2.45) is 0 Å². The second kappa shape index (κ2) is 3.32. The largest absolute Gasteiger partial charge is 0.398 e. The average Bonchev–Trinajstić information content (AvgIpc) is 2.59. The molecule has 2 rings (SSSR count). The average molecular weight is 202 g/mol. The standard InChI is InChI=1S/C11H10N2S/c1-2-8-3-7(5-12)4-10-11(8)9(13)6-14-10/h3-4,6H,2,13H2,1H3. The van der Waals surface area contributed by atoms with Crippen LogP contribution < -0.4 is 5.73 Å². The minimum Gasteiger partial charge on any atom is -0.398 e. The minimum absolute atomic E-state index is 0.719. The molecule has 1 heterocycles. The summed E-state index contributed by atoms with van der Waals surface area (Å²) in [6.45, 7) is 2.08. The lowest BCUT2D eigenvalue weighted by Crippen LogP contribution is -1.88. The Morgan fingerprint density at radius 1 is 1.50 bits per heavy atom. The Balaban J connectivity index is 2.84. The number of nitriles is 1. The van der Waals surface area contributed by atoms with E-state index in [1.807, 2.05) is 17.5 Å². The van der Waals surface area contributed by atoms with Crippen molar-refractivity contribution in [2.45, 2.75) is 13.3 Å². The topological polar surface area (TPSA) is 49.8 Å². The third-order valence-corrected chi connectivity index (χ3v) is 3.24. The normalized spacial score (nSPS) is 10.3. The highest BCUT2D eigenvalue weighted by Crippen LogP contribution is 2.32. The van der Waals surface area contributed by atoms with Gasteiger partial charge in [-0.15, -0.1) is 11.3 Å². The highest BCUT2D eigenvalue weighted by molar-refractivity contribution is 7.17. The van der Waals surface area contributed by atoms with E-state index in [1.54, 1.807) is 11.3 Å². The van der Waals surface area contributed by atoms with E-state index in [0.29, 0.717) is 0 Å². The molecule has 0 spiro atoms. The number of hydrogen-bond donors (Lipinski definition) is 1. The predicted octanol–water partition coefficient (Wildman–Crippen LogP) is 2.92. The Morgan fingerprint density at radius 3 is 2.93 bits per heavy atom. The molecule has 70 valence electrons. The van der Waals surface area contributed by atoms with Gasteiger partial charge in [0.05, 0.1) is 17.3 Å². The van der Waals surface area contributed by atoms with Crippen molar-refractivity contribution in [3.63, 3.8) is 0 Å². The van der Waals surface area contributed by atoms with E-state index >= 15 is 0 Å². The summed E-state index contributed by atoms with van der Waals surface area (Å²) in [6.07, 6.45) is 0.910. The van der Waals surface area contributed by atoms with E-state index in [2.05, 4.69) is 13.0 Å². The van der Waals surface area contributed by atoms with Gasteiger partial charge < -0.3 is 5.73 Å². The van der Waals surface area contributed by atoms with Crippen LogP contribution in [-0.4, -0.2) is 0 Å². The summed E-state index contributed by atoms with van der Waals surface area (Å²) in [5, 5.41) is 11.9. The molecule has 0 atom stereocenters. The third-order valence-electron chi connectivity index (χ3n) is 2.30. The van der Waals surface area contributed by atoms with Gasteiger partial charge in [-0.25, -0.2) is 0 Å². The number of nitrogen functional groups attached to an aromatic ring is 1. The van der Waals surface area contributed by atoms with Crippen LogP contribution in [0, 0.1) is 11.3 Å². The molecule has 2 aromatic rings. The Bertz CT molecular complexity index is 520. The molecule has 0 fully saturated rings. The van der Waals surface area contributed by atoms with E-state index in [1.165, 1.54) is 0 Å². The van der Waals surface area contributed by atoms with E-state index < -0.39 is 0 Å². The SMILES string of the molecule is CCc1cc(C#N)cc2scc(N)c12. The molecule has 0 saturated carbocycles. The first-order valence-electron chi connectivity index (χ1n) is 4.46. The summed E-state index contributed by atoms with van der Waals surface area (Å²) >= 11 is 1.60. The monoisotopic (exact) mass is 202 g/mol.